The van der Waals surface area contributed by atoms with Crippen molar-refractivity contribution >= 4 is 34.3 Å². The zero-order valence-electron chi connectivity index (χ0n) is 27.6. The first-order valence-electron chi connectivity index (χ1n) is 16.0. The summed E-state index contributed by atoms with van der Waals surface area (Å²) in [5, 5.41) is 8.48. The second-order valence-corrected chi connectivity index (χ2v) is 12.5. The van der Waals surface area contributed by atoms with Gasteiger partial charge in [0, 0.05) is 25.9 Å². The number of aryl methyl sites for hydroxylation is 1. The normalized spacial score (nSPS) is 12.1. The summed E-state index contributed by atoms with van der Waals surface area (Å²) in [6, 6.07) is 28.5. The Labute approximate surface area is 288 Å². The zero-order valence-corrected chi connectivity index (χ0v) is 28.5. The minimum Gasteiger partial charge on any atom is -0.494 e. The van der Waals surface area contributed by atoms with E-state index in [0.717, 1.165) is 32.1 Å². The highest BCUT2D eigenvalue weighted by atomic mass is 32.2. The summed E-state index contributed by atoms with van der Waals surface area (Å²) in [5.41, 5.74) is 10.3. The number of anilines is 1. The van der Waals surface area contributed by atoms with Crippen molar-refractivity contribution in [2.24, 2.45) is 5.73 Å². The van der Waals surface area contributed by atoms with Crippen LogP contribution in [0.25, 0.3) is 0 Å². The first-order valence-corrected chi connectivity index (χ1v) is 17.2. The van der Waals surface area contributed by atoms with Gasteiger partial charge in [0.05, 0.1) is 12.3 Å². The van der Waals surface area contributed by atoms with Gasteiger partial charge in [-0.1, -0.05) is 84.4 Å². The number of carbonyl (C=O) groups excluding carboxylic acids is 3. The Morgan fingerprint density at radius 2 is 1.31 bits per heavy atom. The molecule has 0 saturated heterocycles. The van der Waals surface area contributed by atoms with E-state index in [1.165, 1.54) is 0 Å². The number of ether oxygens (including phenoxy) is 1. The smallest absolute Gasteiger partial charge is 0.243 e. The van der Waals surface area contributed by atoms with Crippen LogP contribution in [-0.4, -0.2) is 51.4 Å². The van der Waals surface area contributed by atoms with Crippen molar-refractivity contribution in [3.05, 3.63) is 131 Å². The molecule has 0 aliphatic heterocycles. The molecular formula is C37H43N5O6S. The number of nitrogens with zero attached hydrogens (tertiary/aromatic N) is 1. The summed E-state index contributed by atoms with van der Waals surface area (Å²) in [6.07, 6.45) is 0.275. The van der Waals surface area contributed by atoms with Gasteiger partial charge in [-0.2, -0.15) is 0 Å². The molecule has 0 fully saturated rings. The van der Waals surface area contributed by atoms with Crippen LogP contribution >= 0.6 is 0 Å². The monoisotopic (exact) mass is 685 g/mol. The average molecular weight is 686 g/mol. The molecule has 11 nitrogen and oxygen atoms in total. The molecule has 0 aliphatic rings. The summed E-state index contributed by atoms with van der Waals surface area (Å²) in [4.78, 5) is 40.9. The van der Waals surface area contributed by atoms with Crippen LogP contribution in [0.15, 0.2) is 103 Å². The average Bonchev–Trinajstić information content (AvgIpc) is 3.11. The number of hydrogen-bond acceptors (Lipinski definition) is 7. The molecule has 2 atom stereocenters. The van der Waals surface area contributed by atoms with E-state index in [4.69, 9.17) is 10.5 Å². The molecule has 49 heavy (non-hydrogen) atoms. The van der Waals surface area contributed by atoms with Crippen LogP contribution in [0.5, 0.6) is 5.75 Å². The first-order chi connectivity index (χ1) is 23.6. The van der Waals surface area contributed by atoms with Crippen molar-refractivity contribution in [3.63, 3.8) is 0 Å². The highest BCUT2D eigenvalue weighted by Gasteiger charge is 2.28. The van der Waals surface area contributed by atoms with Gasteiger partial charge in [-0.25, -0.2) is 8.42 Å². The number of nitrogens with one attached hydrogen (secondary N) is 3. The number of benzene rings is 4. The molecule has 0 bridgehead atoms. The maximum atomic E-state index is 14.0. The molecule has 4 aromatic rings. The number of rotatable bonds is 17. The molecule has 12 heteroatoms. The lowest BCUT2D eigenvalue weighted by atomic mass is 10.0. The van der Waals surface area contributed by atoms with Crippen LogP contribution in [0, 0.1) is 6.92 Å². The lowest BCUT2D eigenvalue weighted by molar-refractivity contribution is -0.131. The number of thiol groups is 1. The summed E-state index contributed by atoms with van der Waals surface area (Å²) < 4.78 is 30.8. The van der Waals surface area contributed by atoms with Crippen LogP contribution in [0.4, 0.5) is 5.69 Å². The standard InChI is InChI=1S/C37H43N5O6S/c1-3-48-32-19-15-28(16-20-32)22-34(40-35(43)25-42(49(46)47)31-17-9-26(2)10-18-31)37(45)41-33(21-27-7-5-4-6-8-27)36(44)39-24-30-13-11-29(23-38)12-14-30/h4-20,33-34,49H,3,21-25,38H2,1-2H3,(H,39,44)(H,40,43)(H,41,45)/t33-,34+/m0/s1. The van der Waals surface area contributed by atoms with Crippen molar-refractivity contribution in [3.8, 4) is 5.75 Å². The summed E-state index contributed by atoms with van der Waals surface area (Å²) >= 11 is 0. The van der Waals surface area contributed by atoms with Gasteiger partial charge in [0.1, 0.15) is 24.4 Å². The predicted molar refractivity (Wildman–Crippen MR) is 190 cm³/mol. The Morgan fingerprint density at radius 3 is 1.90 bits per heavy atom. The van der Waals surface area contributed by atoms with Gasteiger partial charge < -0.3 is 26.4 Å². The van der Waals surface area contributed by atoms with E-state index >= 15 is 0 Å². The molecule has 3 amide bonds. The van der Waals surface area contributed by atoms with E-state index < -0.39 is 47.2 Å². The van der Waals surface area contributed by atoms with E-state index in [0.29, 0.717) is 24.6 Å². The Morgan fingerprint density at radius 1 is 0.735 bits per heavy atom. The maximum absolute atomic E-state index is 14.0. The van der Waals surface area contributed by atoms with Crippen LogP contribution < -0.4 is 30.7 Å². The first kappa shape index (κ1) is 36.6. The van der Waals surface area contributed by atoms with Gasteiger partial charge in [0.15, 0.2) is 0 Å². The van der Waals surface area contributed by atoms with Crippen LogP contribution in [0.1, 0.15) is 34.7 Å². The Balaban J connectivity index is 1.55. The van der Waals surface area contributed by atoms with E-state index in [9.17, 15) is 22.8 Å². The van der Waals surface area contributed by atoms with Crippen molar-refractivity contribution in [2.45, 2.75) is 51.9 Å². The number of carbonyl (C=O) groups is 3. The van der Waals surface area contributed by atoms with Crippen molar-refractivity contribution in [1.82, 2.24) is 16.0 Å². The van der Waals surface area contributed by atoms with Gasteiger partial charge in [-0.15, -0.1) is 0 Å². The molecule has 0 heterocycles. The minimum atomic E-state index is -3.16. The summed E-state index contributed by atoms with van der Waals surface area (Å²) in [5.74, 6) is -1.03. The second-order valence-electron chi connectivity index (χ2n) is 11.5. The fraction of sp³-hybridized carbons (Fsp3) is 0.270. The van der Waals surface area contributed by atoms with Gasteiger partial charge >= 0.3 is 0 Å². The Bertz CT molecular complexity index is 1740. The van der Waals surface area contributed by atoms with Crippen LogP contribution in [0.2, 0.25) is 0 Å². The molecule has 5 N–H and O–H groups in total. The third kappa shape index (κ3) is 11.5. The molecule has 0 saturated carbocycles. The fourth-order valence-electron chi connectivity index (χ4n) is 5.11. The SMILES string of the molecule is CCOc1ccc(C[C@@H](NC(=O)CN(c2ccc(C)cc2)[SH](=O)=O)C(=O)N[C@@H](Cc2ccccc2)C(=O)NCc2ccc(CN)cc2)cc1. The minimum absolute atomic E-state index is 0.0746. The zero-order chi connectivity index (χ0) is 35.2. The quantitative estimate of drug-likeness (QED) is 0.107. The van der Waals surface area contributed by atoms with Crippen LogP contribution in [-0.2, 0) is 51.2 Å². The third-order valence-electron chi connectivity index (χ3n) is 7.79. The third-order valence-corrected chi connectivity index (χ3v) is 8.56. The van der Waals surface area contributed by atoms with Crippen LogP contribution in [0.3, 0.4) is 0 Å². The lowest BCUT2D eigenvalue weighted by Gasteiger charge is -2.25. The second kappa shape index (κ2) is 18.4. The lowest BCUT2D eigenvalue weighted by Crippen LogP contribution is -2.56. The number of nitrogens with two attached hydrogens (primary N) is 1. The Kier molecular flexibility index (Phi) is 13.7. The van der Waals surface area contributed by atoms with Crippen molar-refractivity contribution < 1.29 is 27.5 Å². The molecule has 0 spiro atoms. The van der Waals surface area contributed by atoms with Gasteiger partial charge in [0.2, 0.25) is 28.6 Å². The molecule has 0 aromatic heterocycles. The molecule has 4 aromatic carbocycles. The van der Waals surface area contributed by atoms with Crippen molar-refractivity contribution in [2.75, 3.05) is 17.5 Å². The van der Waals surface area contributed by atoms with E-state index in [2.05, 4.69) is 16.0 Å². The number of hydrogen-bond donors (Lipinski definition) is 5. The van der Waals surface area contributed by atoms with E-state index in [-0.39, 0.29) is 19.4 Å². The highest BCUT2D eigenvalue weighted by molar-refractivity contribution is 7.74. The summed E-state index contributed by atoms with van der Waals surface area (Å²) in [6.45, 7) is 4.34. The molecule has 0 aliphatic carbocycles. The topological polar surface area (TPSA) is 160 Å². The molecule has 0 radical (unpaired) electrons. The molecule has 258 valence electrons. The molecular weight excluding hydrogens is 643 g/mol. The Hall–Kier alpha value is -5.20. The fourth-order valence-corrected chi connectivity index (χ4v) is 5.67. The molecule has 4 rings (SSSR count). The molecule has 0 unspecified atom stereocenters. The maximum Gasteiger partial charge on any atom is 0.243 e. The van der Waals surface area contributed by atoms with Crippen molar-refractivity contribution in [1.29, 1.82) is 0 Å². The van der Waals surface area contributed by atoms with E-state index in [1.807, 2.05) is 68.4 Å². The van der Waals surface area contributed by atoms with Gasteiger partial charge in [-0.3, -0.25) is 18.7 Å². The highest BCUT2D eigenvalue weighted by Crippen LogP contribution is 2.16. The largest absolute Gasteiger partial charge is 0.494 e. The van der Waals surface area contributed by atoms with E-state index in [1.54, 1.807) is 48.5 Å². The summed E-state index contributed by atoms with van der Waals surface area (Å²) in [7, 11) is -3.16. The predicted octanol–water partition coefficient (Wildman–Crippen LogP) is 2.96. The van der Waals surface area contributed by atoms with Gasteiger partial charge in [-0.05, 0) is 60.4 Å². The number of amides is 3. The van der Waals surface area contributed by atoms with Gasteiger partial charge in [0.25, 0.3) is 0 Å².